The van der Waals surface area contributed by atoms with Gasteiger partial charge in [-0.2, -0.15) is 0 Å². The van der Waals surface area contributed by atoms with Gasteiger partial charge in [0.05, 0.1) is 24.6 Å². The van der Waals surface area contributed by atoms with Gasteiger partial charge in [-0.15, -0.1) is 26.3 Å². The van der Waals surface area contributed by atoms with E-state index in [4.69, 9.17) is 10.2 Å². The molecule has 312 valence electrons. The van der Waals surface area contributed by atoms with Crippen LogP contribution in [0.15, 0.2) is 122 Å². The van der Waals surface area contributed by atoms with E-state index in [1.165, 1.54) is 61.2 Å². The molecule has 20 heteroatoms. The molecular weight excluding hydrogens is 802 g/mol. The largest absolute Gasteiger partial charge is 0.573 e. The van der Waals surface area contributed by atoms with Crippen LogP contribution in [0.5, 0.6) is 11.5 Å². The minimum absolute atomic E-state index is 0.150. The standard InChI is InChI=1S/2C20H17F3N4O3/c2*21-20(22,23)30-16-6-4-15(5-7-16)27-18-11-17(25-12-26-18)13-2-1-3-14(10-13)19(29)24-8-9-28/h2*1-7,10-12,28H,8-9H2,(H,24,29)(H,25,26,27). The molecule has 4 aromatic carbocycles. The quantitative estimate of drug-likeness (QED) is 0.0616. The minimum atomic E-state index is -4.75. The molecule has 0 spiro atoms. The molecule has 6 rings (SSSR count). The number of anilines is 4. The summed E-state index contributed by atoms with van der Waals surface area (Å²) in [4.78, 5) is 40.7. The zero-order valence-electron chi connectivity index (χ0n) is 31.0. The number of halogens is 6. The van der Waals surface area contributed by atoms with Crippen LogP contribution in [0.4, 0.5) is 49.4 Å². The third-order valence-electron chi connectivity index (χ3n) is 7.69. The van der Waals surface area contributed by atoms with Crippen molar-refractivity contribution in [3.63, 3.8) is 0 Å². The Morgan fingerprint density at radius 2 is 0.917 bits per heavy atom. The summed E-state index contributed by atoms with van der Waals surface area (Å²) < 4.78 is 81.1. The number of carbonyl (C=O) groups excluding carboxylic acids is 2. The predicted octanol–water partition coefficient (Wildman–Crippen LogP) is 7.02. The summed E-state index contributed by atoms with van der Waals surface area (Å²) in [6, 6.07) is 27.3. The molecule has 0 unspecified atom stereocenters. The second-order valence-corrected chi connectivity index (χ2v) is 12.1. The van der Waals surface area contributed by atoms with Gasteiger partial charge in [-0.1, -0.05) is 24.3 Å². The summed E-state index contributed by atoms with van der Waals surface area (Å²) in [6.07, 6.45) is -6.84. The number of aliphatic hydroxyl groups is 2. The van der Waals surface area contributed by atoms with Crippen LogP contribution in [0.1, 0.15) is 20.7 Å². The van der Waals surface area contributed by atoms with E-state index in [1.807, 2.05) is 0 Å². The van der Waals surface area contributed by atoms with Gasteiger partial charge in [0.2, 0.25) is 0 Å². The van der Waals surface area contributed by atoms with Gasteiger partial charge < -0.3 is 41.0 Å². The summed E-state index contributed by atoms with van der Waals surface area (Å²) in [6.45, 7) is -0.0137. The van der Waals surface area contributed by atoms with Crippen molar-refractivity contribution >= 4 is 34.8 Å². The Labute approximate surface area is 337 Å². The van der Waals surface area contributed by atoms with E-state index in [1.54, 1.807) is 60.7 Å². The molecule has 6 aromatic rings. The number of amides is 2. The van der Waals surface area contributed by atoms with Crippen LogP contribution in [-0.4, -0.2) is 81.0 Å². The second-order valence-electron chi connectivity index (χ2n) is 12.1. The Balaban J connectivity index is 0.000000228. The summed E-state index contributed by atoms with van der Waals surface area (Å²) in [7, 11) is 0. The van der Waals surface area contributed by atoms with E-state index < -0.39 is 12.7 Å². The van der Waals surface area contributed by atoms with Gasteiger partial charge in [0, 0.05) is 58.9 Å². The highest BCUT2D eigenvalue weighted by Gasteiger charge is 2.31. The first-order valence-corrected chi connectivity index (χ1v) is 17.6. The molecule has 0 saturated carbocycles. The number of benzene rings is 4. The summed E-state index contributed by atoms with van der Waals surface area (Å²) >= 11 is 0. The first-order valence-electron chi connectivity index (χ1n) is 17.6. The number of rotatable bonds is 14. The Hall–Kier alpha value is -7.32. The number of carbonyl (C=O) groups is 2. The lowest BCUT2D eigenvalue weighted by Crippen LogP contribution is -2.26. The predicted molar refractivity (Wildman–Crippen MR) is 207 cm³/mol. The lowest BCUT2D eigenvalue weighted by atomic mass is 10.1. The molecule has 0 bridgehead atoms. The van der Waals surface area contributed by atoms with Gasteiger partial charge in [-0.3, -0.25) is 9.59 Å². The van der Waals surface area contributed by atoms with Crippen LogP contribution in [0, 0.1) is 0 Å². The van der Waals surface area contributed by atoms with Crippen LogP contribution in [-0.2, 0) is 0 Å². The van der Waals surface area contributed by atoms with Crippen molar-refractivity contribution < 1.29 is 55.6 Å². The number of aliphatic hydroxyl groups excluding tert-OH is 2. The SMILES string of the molecule is O=C(NCCO)c1cccc(-c2cc(Nc3ccc(OC(F)(F)F)cc3)ncn2)c1.O=C(NCCO)c1cccc(-c2cc(Nc3ccc(OC(F)(F)F)cc3)ncn2)c1. The van der Waals surface area contributed by atoms with E-state index in [0.29, 0.717) is 56.7 Å². The lowest BCUT2D eigenvalue weighted by molar-refractivity contribution is -0.275. The Morgan fingerprint density at radius 1 is 0.533 bits per heavy atom. The molecule has 6 N–H and O–H groups in total. The van der Waals surface area contributed by atoms with E-state index in [0.717, 1.165) is 0 Å². The average molecular weight is 837 g/mol. The molecule has 0 aliphatic rings. The van der Waals surface area contributed by atoms with Gasteiger partial charge in [0.15, 0.2) is 0 Å². The molecular formula is C40H34F6N8O6. The van der Waals surface area contributed by atoms with Crippen molar-refractivity contribution in [3.05, 3.63) is 133 Å². The van der Waals surface area contributed by atoms with Crippen molar-refractivity contribution in [2.75, 3.05) is 36.9 Å². The second kappa shape index (κ2) is 20.4. The fourth-order valence-electron chi connectivity index (χ4n) is 5.13. The van der Waals surface area contributed by atoms with E-state index >= 15 is 0 Å². The van der Waals surface area contributed by atoms with Crippen LogP contribution < -0.4 is 30.7 Å². The maximum atomic E-state index is 12.2. The summed E-state index contributed by atoms with van der Waals surface area (Å²) in [5.41, 5.74) is 4.26. The first kappa shape index (κ1) is 43.8. The third-order valence-corrected chi connectivity index (χ3v) is 7.69. The molecule has 2 heterocycles. The highest BCUT2D eigenvalue weighted by Crippen LogP contribution is 2.28. The molecule has 0 radical (unpaired) electrons. The van der Waals surface area contributed by atoms with Gasteiger partial charge in [-0.25, -0.2) is 19.9 Å². The number of ether oxygens (including phenoxy) is 2. The molecule has 2 amide bonds. The number of hydrogen-bond donors (Lipinski definition) is 6. The minimum Gasteiger partial charge on any atom is -0.406 e. The number of aromatic nitrogens is 4. The van der Waals surface area contributed by atoms with Gasteiger partial charge in [0.1, 0.15) is 35.8 Å². The molecule has 0 saturated heterocycles. The molecule has 60 heavy (non-hydrogen) atoms. The monoisotopic (exact) mass is 836 g/mol. The van der Waals surface area contributed by atoms with Crippen LogP contribution in [0.25, 0.3) is 22.5 Å². The Bertz CT molecular complexity index is 2190. The van der Waals surface area contributed by atoms with Crippen molar-refractivity contribution in [2.45, 2.75) is 12.7 Å². The van der Waals surface area contributed by atoms with Crippen molar-refractivity contribution in [3.8, 4) is 34.0 Å². The Kier molecular flexibility index (Phi) is 14.9. The number of nitrogens with zero attached hydrogens (tertiary/aromatic N) is 4. The maximum absolute atomic E-state index is 12.2. The highest BCUT2D eigenvalue weighted by molar-refractivity contribution is 5.96. The molecule has 0 fully saturated rings. The third kappa shape index (κ3) is 14.0. The van der Waals surface area contributed by atoms with Crippen molar-refractivity contribution in [1.82, 2.24) is 30.6 Å². The van der Waals surface area contributed by atoms with Crippen LogP contribution in [0.3, 0.4) is 0 Å². The fraction of sp³-hybridized carbons (Fsp3) is 0.150. The van der Waals surface area contributed by atoms with Crippen molar-refractivity contribution in [1.29, 1.82) is 0 Å². The number of alkyl halides is 6. The van der Waals surface area contributed by atoms with Gasteiger partial charge >= 0.3 is 12.7 Å². The zero-order valence-corrected chi connectivity index (χ0v) is 31.0. The molecule has 14 nitrogen and oxygen atoms in total. The van der Waals surface area contributed by atoms with Crippen molar-refractivity contribution in [2.24, 2.45) is 0 Å². The summed E-state index contributed by atoms with van der Waals surface area (Å²) in [5.74, 6) is -0.460. The normalized spacial score (nSPS) is 11.1. The molecule has 2 aromatic heterocycles. The Morgan fingerprint density at radius 3 is 1.27 bits per heavy atom. The van der Waals surface area contributed by atoms with Crippen LogP contribution >= 0.6 is 0 Å². The van der Waals surface area contributed by atoms with E-state index in [9.17, 15) is 35.9 Å². The van der Waals surface area contributed by atoms with Gasteiger partial charge in [-0.05, 0) is 72.8 Å². The highest BCUT2D eigenvalue weighted by atomic mass is 19.4. The number of nitrogens with one attached hydrogen (secondary N) is 4. The molecule has 0 aliphatic heterocycles. The summed E-state index contributed by atoms with van der Waals surface area (Å²) in [5, 5.41) is 28.7. The van der Waals surface area contributed by atoms with Gasteiger partial charge in [0.25, 0.3) is 11.8 Å². The topological polar surface area (TPSA) is 193 Å². The van der Waals surface area contributed by atoms with E-state index in [2.05, 4.69) is 50.7 Å². The lowest BCUT2D eigenvalue weighted by Gasteiger charge is -2.11. The number of hydrogen-bond acceptors (Lipinski definition) is 12. The molecule has 0 aliphatic carbocycles. The average Bonchev–Trinajstić information content (AvgIpc) is 3.23. The first-order chi connectivity index (χ1) is 28.7. The van der Waals surface area contributed by atoms with Crippen LogP contribution in [0.2, 0.25) is 0 Å². The fourth-order valence-corrected chi connectivity index (χ4v) is 5.13. The smallest absolute Gasteiger partial charge is 0.406 e. The molecule has 0 atom stereocenters. The zero-order chi connectivity index (χ0) is 43.1. The van der Waals surface area contributed by atoms with E-state index in [-0.39, 0.29) is 49.6 Å². The maximum Gasteiger partial charge on any atom is 0.573 e.